The number of rotatable bonds is 10. The number of nitrogens with zero attached hydrogens (tertiary/aromatic N) is 2. The maximum atomic E-state index is 2.44. The molecule has 2 heteroatoms. The lowest BCUT2D eigenvalue weighted by atomic mass is 9.68. The van der Waals surface area contributed by atoms with Gasteiger partial charge in [-0.05, 0) is 157 Å². The van der Waals surface area contributed by atoms with Crippen LogP contribution in [0.3, 0.4) is 0 Å². The molecular weight excluding hydrogens is 905 g/mol. The Bertz CT molecular complexity index is 4100. The van der Waals surface area contributed by atoms with Crippen molar-refractivity contribution in [2.24, 2.45) is 0 Å². The van der Waals surface area contributed by atoms with Crippen LogP contribution in [-0.2, 0) is 5.41 Å². The van der Waals surface area contributed by atoms with E-state index in [0.717, 1.165) is 28.3 Å². The first-order chi connectivity index (χ1) is 37.2. The topological polar surface area (TPSA) is 8.17 Å². The highest BCUT2D eigenvalue weighted by Crippen LogP contribution is 2.57. The van der Waals surface area contributed by atoms with Crippen molar-refractivity contribution in [1.82, 2.24) is 4.57 Å². The zero-order valence-electron chi connectivity index (χ0n) is 41.3. The third-order valence-corrected chi connectivity index (χ3v) is 15.4. The summed E-state index contributed by atoms with van der Waals surface area (Å²) in [6, 6.07) is 111. The first-order valence-corrected chi connectivity index (χ1v) is 25.9. The van der Waals surface area contributed by atoms with Crippen molar-refractivity contribution in [3.8, 4) is 61.3 Å². The molecule has 14 rings (SSSR count). The fourth-order valence-electron chi connectivity index (χ4n) is 12.0. The Labute approximate surface area is 438 Å². The Kier molecular flexibility index (Phi) is 10.8. The monoisotopic (exact) mass is 954 g/mol. The molecule has 1 aliphatic carbocycles. The number of hydrogen-bond acceptors (Lipinski definition) is 1. The van der Waals surface area contributed by atoms with Gasteiger partial charge in [0, 0.05) is 33.5 Å². The Hall–Kier alpha value is -9.76. The van der Waals surface area contributed by atoms with E-state index in [9.17, 15) is 0 Å². The van der Waals surface area contributed by atoms with E-state index in [4.69, 9.17) is 0 Å². The quantitative estimate of drug-likeness (QED) is 0.133. The number of fused-ring (bicyclic) bond motifs is 6. The second-order valence-corrected chi connectivity index (χ2v) is 19.6. The smallest absolute Gasteiger partial charge is 0.0713 e. The van der Waals surface area contributed by atoms with Crippen LogP contribution in [0.1, 0.15) is 22.3 Å². The van der Waals surface area contributed by atoms with E-state index in [2.05, 4.69) is 313 Å². The molecule has 352 valence electrons. The minimum atomic E-state index is -0.450. The van der Waals surface area contributed by atoms with E-state index in [1.54, 1.807) is 0 Å². The molecule has 1 aliphatic rings. The highest BCUT2D eigenvalue weighted by Gasteiger charge is 2.46. The number of anilines is 3. The minimum Gasteiger partial charge on any atom is -0.310 e. The highest BCUT2D eigenvalue weighted by atomic mass is 15.1. The first-order valence-electron chi connectivity index (χ1n) is 25.9. The van der Waals surface area contributed by atoms with Gasteiger partial charge in [-0.3, -0.25) is 0 Å². The summed E-state index contributed by atoms with van der Waals surface area (Å²) in [4.78, 5) is 2.39. The lowest BCUT2D eigenvalue weighted by Crippen LogP contribution is -2.28. The Morgan fingerprint density at radius 3 is 1.37 bits per heavy atom. The molecule has 0 atom stereocenters. The normalized spacial score (nSPS) is 12.4. The molecule has 0 fully saturated rings. The van der Waals surface area contributed by atoms with Gasteiger partial charge in [0.15, 0.2) is 0 Å². The fraction of sp³-hybridized carbons (Fsp3) is 0.0137. The van der Waals surface area contributed by atoms with Crippen molar-refractivity contribution in [3.63, 3.8) is 0 Å². The maximum Gasteiger partial charge on any atom is 0.0713 e. The second-order valence-electron chi connectivity index (χ2n) is 19.6. The zero-order chi connectivity index (χ0) is 49.7. The Balaban J connectivity index is 0.831. The molecule has 12 aromatic carbocycles. The summed E-state index contributed by atoms with van der Waals surface area (Å²) < 4.78 is 2.44. The van der Waals surface area contributed by atoms with E-state index < -0.39 is 5.41 Å². The van der Waals surface area contributed by atoms with Crippen LogP contribution in [0.15, 0.2) is 303 Å². The van der Waals surface area contributed by atoms with E-state index in [-0.39, 0.29) is 0 Å². The van der Waals surface area contributed by atoms with Gasteiger partial charge in [-0.15, -0.1) is 0 Å². The van der Waals surface area contributed by atoms with Gasteiger partial charge >= 0.3 is 0 Å². The third-order valence-electron chi connectivity index (χ3n) is 15.4. The second kappa shape index (κ2) is 18.4. The molecule has 13 aromatic rings. The predicted molar refractivity (Wildman–Crippen MR) is 315 cm³/mol. The van der Waals surface area contributed by atoms with Crippen molar-refractivity contribution in [2.45, 2.75) is 5.41 Å². The molecule has 0 spiro atoms. The molecule has 0 bridgehead atoms. The summed E-state index contributed by atoms with van der Waals surface area (Å²) in [7, 11) is 0. The van der Waals surface area contributed by atoms with Crippen molar-refractivity contribution in [1.29, 1.82) is 0 Å². The Morgan fingerprint density at radius 1 is 0.253 bits per heavy atom. The summed E-state index contributed by atoms with van der Waals surface area (Å²) in [5.74, 6) is 0. The van der Waals surface area contributed by atoms with Crippen LogP contribution in [0.5, 0.6) is 0 Å². The number of para-hydroxylation sites is 2. The Morgan fingerprint density at radius 2 is 0.707 bits per heavy atom. The highest BCUT2D eigenvalue weighted by molar-refractivity contribution is 6.10. The van der Waals surface area contributed by atoms with Gasteiger partial charge < -0.3 is 9.47 Å². The summed E-state index contributed by atoms with van der Waals surface area (Å²) >= 11 is 0. The van der Waals surface area contributed by atoms with E-state index >= 15 is 0 Å². The molecule has 0 N–H and O–H groups in total. The van der Waals surface area contributed by atoms with Gasteiger partial charge in [-0.1, -0.05) is 224 Å². The van der Waals surface area contributed by atoms with E-state index in [1.807, 2.05) is 0 Å². The molecule has 0 radical (unpaired) electrons. The van der Waals surface area contributed by atoms with Crippen LogP contribution in [0.4, 0.5) is 17.1 Å². The molecule has 1 heterocycles. The van der Waals surface area contributed by atoms with Crippen molar-refractivity contribution < 1.29 is 0 Å². The molecule has 0 saturated heterocycles. The fourth-order valence-corrected chi connectivity index (χ4v) is 12.0. The van der Waals surface area contributed by atoms with Gasteiger partial charge in [0.2, 0.25) is 0 Å². The lowest BCUT2D eigenvalue weighted by Gasteiger charge is -2.34. The van der Waals surface area contributed by atoms with Crippen molar-refractivity contribution >= 4 is 38.9 Å². The molecule has 0 unspecified atom stereocenters. The molecule has 2 nitrogen and oxygen atoms in total. The van der Waals surface area contributed by atoms with Crippen LogP contribution in [0, 0.1) is 0 Å². The lowest BCUT2D eigenvalue weighted by molar-refractivity contribution is 0.768. The van der Waals surface area contributed by atoms with Crippen LogP contribution in [-0.4, -0.2) is 4.57 Å². The predicted octanol–water partition coefficient (Wildman–Crippen LogP) is 19.3. The molecule has 75 heavy (non-hydrogen) atoms. The standard InChI is InChI=1S/C73H50N2/c1-6-21-51(22-7-1)57-46-58(52-23-8-2-9-24-52)48-64(47-57)75-71-36-19-17-34-66(71)68-49-56(39-44-72(68)75)55-26-20-25-54(45-55)53-37-40-62(41-38-53)74(61-31-14-5-15-32-61)63-42-43-70-67(50-63)65-33-16-18-35-69(65)73(70,59-27-10-3-11-28-59)60-29-12-4-13-30-60/h1-50H. The SMILES string of the molecule is c1ccc(-c2cc(-c3ccccc3)cc(-n3c4ccccc4c4cc(-c5cccc(-c6ccc(N(c7ccccc7)c7ccc8c(c7)-c7ccccc7C8(c7ccccc7)c7ccccc7)cc6)c5)ccc43)c2)cc1. The van der Waals surface area contributed by atoms with Gasteiger partial charge in [0.25, 0.3) is 0 Å². The minimum absolute atomic E-state index is 0.450. The molecule has 0 aliphatic heterocycles. The zero-order valence-corrected chi connectivity index (χ0v) is 41.3. The van der Waals surface area contributed by atoms with E-state index in [1.165, 1.54) is 94.1 Å². The van der Waals surface area contributed by atoms with Gasteiger partial charge in [0.05, 0.1) is 16.4 Å². The molecule has 0 saturated carbocycles. The van der Waals surface area contributed by atoms with E-state index in [0.29, 0.717) is 0 Å². The third kappa shape index (κ3) is 7.49. The summed E-state index contributed by atoms with van der Waals surface area (Å²) in [6.07, 6.45) is 0. The van der Waals surface area contributed by atoms with Crippen molar-refractivity contribution in [2.75, 3.05) is 4.90 Å². The molecule has 0 amide bonds. The van der Waals surface area contributed by atoms with Crippen molar-refractivity contribution in [3.05, 3.63) is 326 Å². The average Bonchev–Trinajstić information content (AvgIpc) is 4.05. The van der Waals surface area contributed by atoms with Gasteiger partial charge in [0.1, 0.15) is 0 Å². The summed E-state index contributed by atoms with van der Waals surface area (Å²) in [5.41, 5.74) is 23.5. The number of benzene rings is 12. The maximum absolute atomic E-state index is 2.44. The van der Waals surface area contributed by atoms with Crippen LogP contribution in [0.25, 0.3) is 83.1 Å². The number of aromatic nitrogens is 1. The van der Waals surface area contributed by atoms with Gasteiger partial charge in [-0.25, -0.2) is 0 Å². The molecular formula is C73H50N2. The van der Waals surface area contributed by atoms with Gasteiger partial charge in [-0.2, -0.15) is 0 Å². The average molecular weight is 955 g/mol. The largest absolute Gasteiger partial charge is 0.310 e. The van der Waals surface area contributed by atoms with Crippen LogP contribution in [0.2, 0.25) is 0 Å². The van der Waals surface area contributed by atoms with Crippen LogP contribution < -0.4 is 4.90 Å². The first kappa shape index (κ1) is 44.0. The summed E-state index contributed by atoms with van der Waals surface area (Å²) in [6.45, 7) is 0. The number of hydrogen-bond donors (Lipinski definition) is 0. The molecule has 1 aromatic heterocycles. The summed E-state index contributed by atoms with van der Waals surface area (Å²) in [5, 5.41) is 2.46. The van der Waals surface area contributed by atoms with Crippen LogP contribution >= 0.6 is 0 Å².